The fourth-order valence-corrected chi connectivity index (χ4v) is 3.06. The van der Waals surface area contributed by atoms with E-state index in [9.17, 15) is 9.59 Å². The highest BCUT2D eigenvalue weighted by molar-refractivity contribution is 5.99. The van der Waals surface area contributed by atoms with Gasteiger partial charge in [-0.15, -0.1) is 0 Å². The Kier molecular flexibility index (Phi) is 4.15. The first kappa shape index (κ1) is 15.3. The van der Waals surface area contributed by atoms with Gasteiger partial charge in [-0.25, -0.2) is 0 Å². The summed E-state index contributed by atoms with van der Waals surface area (Å²) in [5.74, 6) is 0.0535. The molecule has 1 aliphatic rings. The molecule has 0 saturated heterocycles. The molecule has 118 valence electrons. The monoisotopic (exact) mass is 308 g/mol. The number of carbonyl (C=O) groups is 2. The van der Waals surface area contributed by atoms with Crippen molar-refractivity contribution in [3.8, 4) is 0 Å². The van der Waals surface area contributed by atoms with Crippen LogP contribution in [0.1, 0.15) is 29.8 Å². The molecule has 23 heavy (non-hydrogen) atoms. The number of para-hydroxylation sites is 1. The maximum Gasteiger partial charge on any atom is 0.246 e. The van der Waals surface area contributed by atoms with Crippen LogP contribution < -0.4 is 10.2 Å². The van der Waals surface area contributed by atoms with Crippen LogP contribution in [0.25, 0.3) is 0 Å². The Labute approximate surface area is 136 Å². The lowest BCUT2D eigenvalue weighted by Gasteiger charge is -2.23. The number of hydrogen-bond donors (Lipinski definition) is 1. The molecule has 0 saturated carbocycles. The highest BCUT2D eigenvalue weighted by Gasteiger charge is 2.30. The van der Waals surface area contributed by atoms with E-state index in [1.807, 2.05) is 35.2 Å². The van der Waals surface area contributed by atoms with Crippen LogP contribution in [0, 0.1) is 0 Å². The minimum Gasteiger partial charge on any atom is -0.376 e. The summed E-state index contributed by atoms with van der Waals surface area (Å²) in [7, 11) is 0. The molecule has 0 aliphatic carbocycles. The van der Waals surface area contributed by atoms with Crippen molar-refractivity contribution in [2.75, 3.05) is 16.8 Å². The van der Waals surface area contributed by atoms with Gasteiger partial charge < -0.3 is 10.2 Å². The summed E-state index contributed by atoms with van der Waals surface area (Å²) in [6.45, 7) is 3.81. The smallest absolute Gasteiger partial charge is 0.246 e. The Morgan fingerprint density at radius 3 is 2.74 bits per heavy atom. The maximum absolute atomic E-state index is 12.6. The average molecular weight is 308 g/mol. The number of benzene rings is 2. The van der Waals surface area contributed by atoms with Gasteiger partial charge in [0.15, 0.2) is 5.78 Å². The van der Waals surface area contributed by atoms with E-state index < -0.39 is 0 Å². The molecule has 0 radical (unpaired) electrons. The SMILES string of the molecule is CC(=O)c1cccc(NCC(=O)N2c3ccccc3CC2C)c1. The molecule has 0 aromatic heterocycles. The number of anilines is 2. The number of ketones is 1. The first-order valence-electron chi connectivity index (χ1n) is 7.81. The number of amides is 1. The van der Waals surface area contributed by atoms with Gasteiger partial charge in [-0.1, -0.05) is 30.3 Å². The molecule has 1 unspecified atom stereocenters. The molecule has 1 N–H and O–H groups in total. The molecule has 2 aromatic rings. The lowest BCUT2D eigenvalue weighted by molar-refractivity contribution is -0.117. The third kappa shape index (κ3) is 3.11. The summed E-state index contributed by atoms with van der Waals surface area (Å²) < 4.78 is 0. The second-order valence-electron chi connectivity index (χ2n) is 5.94. The van der Waals surface area contributed by atoms with E-state index in [1.54, 1.807) is 12.1 Å². The van der Waals surface area contributed by atoms with Crippen molar-refractivity contribution in [1.82, 2.24) is 0 Å². The zero-order valence-corrected chi connectivity index (χ0v) is 13.4. The summed E-state index contributed by atoms with van der Waals surface area (Å²) >= 11 is 0. The number of carbonyl (C=O) groups excluding carboxylic acids is 2. The van der Waals surface area contributed by atoms with Crippen LogP contribution in [0.4, 0.5) is 11.4 Å². The molecular formula is C19H20N2O2. The van der Waals surface area contributed by atoms with E-state index in [4.69, 9.17) is 0 Å². The molecule has 1 atom stereocenters. The van der Waals surface area contributed by atoms with Crippen LogP contribution in [-0.4, -0.2) is 24.3 Å². The minimum absolute atomic E-state index is 0.0158. The van der Waals surface area contributed by atoms with Gasteiger partial charge in [-0.2, -0.15) is 0 Å². The van der Waals surface area contributed by atoms with Crippen molar-refractivity contribution in [3.05, 3.63) is 59.7 Å². The average Bonchev–Trinajstić information content (AvgIpc) is 2.88. The Balaban J connectivity index is 1.71. The highest BCUT2D eigenvalue weighted by Crippen LogP contribution is 2.31. The molecule has 1 aliphatic heterocycles. The quantitative estimate of drug-likeness (QED) is 0.882. The standard InChI is InChI=1S/C19H20N2O2/c1-13-10-16-6-3-4-9-18(16)21(13)19(23)12-20-17-8-5-7-15(11-17)14(2)22/h3-9,11,13,20H,10,12H2,1-2H3. The van der Waals surface area contributed by atoms with Crippen LogP contribution >= 0.6 is 0 Å². The van der Waals surface area contributed by atoms with Crippen LogP contribution in [-0.2, 0) is 11.2 Å². The molecule has 4 heteroatoms. The number of nitrogens with zero attached hydrogens (tertiary/aromatic N) is 1. The van der Waals surface area contributed by atoms with E-state index in [-0.39, 0.29) is 24.3 Å². The highest BCUT2D eigenvalue weighted by atomic mass is 16.2. The normalized spacial score (nSPS) is 16.1. The summed E-state index contributed by atoms with van der Waals surface area (Å²) in [6.07, 6.45) is 0.891. The van der Waals surface area contributed by atoms with Crippen molar-refractivity contribution in [1.29, 1.82) is 0 Å². The molecule has 4 nitrogen and oxygen atoms in total. The van der Waals surface area contributed by atoms with Crippen molar-refractivity contribution in [3.63, 3.8) is 0 Å². The number of hydrogen-bond acceptors (Lipinski definition) is 3. The molecule has 0 fully saturated rings. The van der Waals surface area contributed by atoms with Crippen molar-refractivity contribution in [2.45, 2.75) is 26.3 Å². The molecular weight excluding hydrogens is 288 g/mol. The molecule has 3 rings (SSSR count). The zero-order valence-electron chi connectivity index (χ0n) is 13.4. The van der Waals surface area contributed by atoms with Crippen LogP contribution in [0.5, 0.6) is 0 Å². The van der Waals surface area contributed by atoms with Gasteiger partial charge in [0.1, 0.15) is 0 Å². The molecule has 1 heterocycles. The van der Waals surface area contributed by atoms with E-state index in [0.717, 1.165) is 17.8 Å². The van der Waals surface area contributed by atoms with E-state index in [2.05, 4.69) is 18.3 Å². The predicted octanol–water partition coefficient (Wildman–Crippen LogP) is 3.28. The largest absolute Gasteiger partial charge is 0.376 e. The Morgan fingerprint density at radius 1 is 1.17 bits per heavy atom. The lowest BCUT2D eigenvalue weighted by Crippen LogP contribution is -2.39. The van der Waals surface area contributed by atoms with E-state index >= 15 is 0 Å². The molecule has 0 spiro atoms. The summed E-state index contributed by atoms with van der Waals surface area (Å²) in [5, 5.41) is 3.12. The van der Waals surface area contributed by atoms with Crippen molar-refractivity contribution in [2.24, 2.45) is 0 Å². The van der Waals surface area contributed by atoms with Crippen molar-refractivity contribution < 1.29 is 9.59 Å². The van der Waals surface area contributed by atoms with Gasteiger partial charge in [0.05, 0.1) is 6.54 Å². The number of nitrogens with one attached hydrogen (secondary N) is 1. The molecule has 0 bridgehead atoms. The van der Waals surface area contributed by atoms with Gasteiger partial charge in [-0.3, -0.25) is 9.59 Å². The van der Waals surface area contributed by atoms with Crippen LogP contribution in [0.2, 0.25) is 0 Å². The third-order valence-electron chi connectivity index (χ3n) is 4.19. The van der Waals surface area contributed by atoms with Crippen LogP contribution in [0.15, 0.2) is 48.5 Å². The number of Topliss-reactive ketones (excluding diaryl/α,β-unsaturated/α-hetero) is 1. The van der Waals surface area contributed by atoms with Gasteiger partial charge in [0.25, 0.3) is 0 Å². The molecule has 2 aromatic carbocycles. The summed E-state index contributed by atoms with van der Waals surface area (Å²) in [4.78, 5) is 25.9. The zero-order chi connectivity index (χ0) is 16.4. The van der Waals surface area contributed by atoms with Gasteiger partial charge in [0, 0.05) is 23.0 Å². The lowest BCUT2D eigenvalue weighted by atomic mass is 10.1. The fraction of sp³-hybridized carbons (Fsp3) is 0.263. The maximum atomic E-state index is 12.6. The first-order chi connectivity index (χ1) is 11.1. The van der Waals surface area contributed by atoms with Gasteiger partial charge in [-0.05, 0) is 44.0 Å². The van der Waals surface area contributed by atoms with Gasteiger partial charge >= 0.3 is 0 Å². The number of fused-ring (bicyclic) bond motifs is 1. The second kappa shape index (κ2) is 6.24. The second-order valence-corrected chi connectivity index (χ2v) is 5.94. The van der Waals surface area contributed by atoms with E-state index in [0.29, 0.717) is 5.56 Å². The van der Waals surface area contributed by atoms with Crippen LogP contribution in [0.3, 0.4) is 0 Å². The van der Waals surface area contributed by atoms with Gasteiger partial charge in [0.2, 0.25) is 5.91 Å². The summed E-state index contributed by atoms with van der Waals surface area (Å²) in [5.41, 5.74) is 3.64. The predicted molar refractivity (Wildman–Crippen MR) is 92.0 cm³/mol. The Hall–Kier alpha value is -2.62. The van der Waals surface area contributed by atoms with Crippen molar-refractivity contribution >= 4 is 23.1 Å². The number of rotatable bonds is 4. The Morgan fingerprint density at radius 2 is 1.96 bits per heavy atom. The third-order valence-corrected chi connectivity index (χ3v) is 4.19. The first-order valence-corrected chi connectivity index (χ1v) is 7.81. The van der Waals surface area contributed by atoms with E-state index in [1.165, 1.54) is 12.5 Å². The fourth-order valence-electron chi connectivity index (χ4n) is 3.06. The topological polar surface area (TPSA) is 49.4 Å². The minimum atomic E-state index is 0.0158. The molecule has 1 amide bonds. The summed E-state index contributed by atoms with van der Waals surface area (Å²) in [6, 6.07) is 15.4. The Bertz CT molecular complexity index is 755.